The summed E-state index contributed by atoms with van der Waals surface area (Å²) in [7, 11) is 0. The first-order valence-corrected chi connectivity index (χ1v) is 8.87. The highest BCUT2D eigenvalue weighted by Crippen LogP contribution is 2.41. The lowest BCUT2D eigenvalue weighted by Gasteiger charge is -2.33. The van der Waals surface area contributed by atoms with E-state index >= 15 is 0 Å². The SMILES string of the molecule is CCC1CCN(CCC2CCCC2(NC2CC2)C(=O)O)C1. The molecule has 0 spiro atoms. The van der Waals surface area contributed by atoms with E-state index in [9.17, 15) is 9.90 Å². The Balaban J connectivity index is 1.56. The standard InChI is InChI=1S/C17H30N2O2/c1-2-13-7-10-19(12-13)11-8-14-4-3-9-17(14,16(20)21)18-15-5-6-15/h13-15,18H,2-12H2,1H3,(H,20,21). The molecule has 4 nitrogen and oxygen atoms in total. The lowest BCUT2D eigenvalue weighted by atomic mass is 9.84. The van der Waals surface area contributed by atoms with Gasteiger partial charge in [-0.15, -0.1) is 0 Å². The maximum absolute atomic E-state index is 11.9. The number of rotatable bonds is 7. The van der Waals surface area contributed by atoms with Crippen LogP contribution in [0, 0.1) is 11.8 Å². The van der Waals surface area contributed by atoms with Crippen molar-refractivity contribution < 1.29 is 9.90 Å². The summed E-state index contributed by atoms with van der Waals surface area (Å²) in [6, 6.07) is 0.470. The number of hydrogen-bond acceptors (Lipinski definition) is 3. The minimum absolute atomic E-state index is 0.316. The normalized spacial score (nSPS) is 37.2. The van der Waals surface area contributed by atoms with Crippen molar-refractivity contribution in [2.45, 2.75) is 69.9 Å². The minimum atomic E-state index is -0.620. The molecule has 0 aromatic heterocycles. The van der Waals surface area contributed by atoms with Gasteiger partial charge in [-0.05, 0) is 63.5 Å². The van der Waals surface area contributed by atoms with Gasteiger partial charge in [-0.3, -0.25) is 10.1 Å². The molecule has 120 valence electrons. The van der Waals surface area contributed by atoms with Crippen LogP contribution in [-0.4, -0.2) is 47.2 Å². The van der Waals surface area contributed by atoms with Crippen molar-refractivity contribution in [2.24, 2.45) is 11.8 Å². The van der Waals surface area contributed by atoms with Gasteiger partial charge in [-0.2, -0.15) is 0 Å². The third-order valence-electron chi connectivity index (χ3n) is 5.98. The van der Waals surface area contributed by atoms with E-state index in [1.807, 2.05) is 0 Å². The number of nitrogens with one attached hydrogen (secondary N) is 1. The summed E-state index contributed by atoms with van der Waals surface area (Å²) in [5.74, 6) is 0.573. The monoisotopic (exact) mass is 294 g/mol. The van der Waals surface area contributed by atoms with Gasteiger partial charge in [0, 0.05) is 12.6 Å². The third kappa shape index (κ3) is 3.26. The topological polar surface area (TPSA) is 52.6 Å². The molecule has 3 fully saturated rings. The van der Waals surface area contributed by atoms with E-state index in [4.69, 9.17) is 0 Å². The Morgan fingerprint density at radius 1 is 1.33 bits per heavy atom. The lowest BCUT2D eigenvalue weighted by molar-refractivity contribution is -0.147. The maximum Gasteiger partial charge on any atom is 0.324 e. The van der Waals surface area contributed by atoms with Gasteiger partial charge in [-0.1, -0.05) is 19.8 Å². The Morgan fingerprint density at radius 3 is 2.76 bits per heavy atom. The fourth-order valence-electron chi connectivity index (χ4n) is 4.38. The average molecular weight is 294 g/mol. The molecule has 3 aliphatic rings. The zero-order valence-electron chi connectivity index (χ0n) is 13.3. The van der Waals surface area contributed by atoms with Crippen LogP contribution in [0.1, 0.15) is 58.3 Å². The van der Waals surface area contributed by atoms with Gasteiger partial charge in [0.15, 0.2) is 0 Å². The first-order valence-electron chi connectivity index (χ1n) is 8.87. The molecular weight excluding hydrogens is 264 g/mol. The van der Waals surface area contributed by atoms with E-state index in [-0.39, 0.29) is 0 Å². The zero-order chi connectivity index (χ0) is 14.9. The van der Waals surface area contributed by atoms with Crippen molar-refractivity contribution in [1.82, 2.24) is 10.2 Å². The van der Waals surface area contributed by atoms with Crippen LogP contribution in [0.25, 0.3) is 0 Å². The van der Waals surface area contributed by atoms with Gasteiger partial charge >= 0.3 is 5.97 Å². The molecule has 3 rings (SSSR count). The average Bonchev–Trinajstić information content (AvgIpc) is 3.01. The van der Waals surface area contributed by atoms with Gasteiger partial charge in [-0.25, -0.2) is 0 Å². The fourth-order valence-corrected chi connectivity index (χ4v) is 4.38. The molecule has 0 aromatic carbocycles. The molecule has 0 aromatic rings. The number of nitrogens with zero attached hydrogens (tertiary/aromatic N) is 1. The summed E-state index contributed by atoms with van der Waals surface area (Å²) in [6.07, 6.45) is 8.93. The Kier molecular flexibility index (Phi) is 4.55. The first kappa shape index (κ1) is 15.3. The summed E-state index contributed by atoms with van der Waals surface area (Å²) in [5.41, 5.74) is -0.620. The number of aliphatic carboxylic acids is 1. The van der Waals surface area contributed by atoms with Crippen LogP contribution in [0.15, 0.2) is 0 Å². The van der Waals surface area contributed by atoms with E-state index in [1.165, 1.54) is 25.9 Å². The number of likely N-dealkylation sites (tertiary alicyclic amines) is 1. The Morgan fingerprint density at radius 2 is 2.14 bits per heavy atom. The molecule has 4 heteroatoms. The van der Waals surface area contributed by atoms with Crippen LogP contribution < -0.4 is 5.32 Å². The van der Waals surface area contributed by atoms with E-state index in [1.54, 1.807) is 0 Å². The largest absolute Gasteiger partial charge is 0.480 e. The predicted molar refractivity (Wildman–Crippen MR) is 83.3 cm³/mol. The maximum atomic E-state index is 11.9. The van der Waals surface area contributed by atoms with Crippen LogP contribution in [-0.2, 0) is 4.79 Å². The number of carboxylic acids is 1. The molecular formula is C17H30N2O2. The smallest absolute Gasteiger partial charge is 0.324 e. The third-order valence-corrected chi connectivity index (χ3v) is 5.98. The summed E-state index contributed by atoms with van der Waals surface area (Å²) >= 11 is 0. The van der Waals surface area contributed by atoms with Crippen LogP contribution in [0.3, 0.4) is 0 Å². The summed E-state index contributed by atoms with van der Waals surface area (Å²) in [6.45, 7) is 5.80. The quantitative estimate of drug-likeness (QED) is 0.757. The number of carboxylic acid groups (broad SMARTS) is 1. The molecule has 0 radical (unpaired) electrons. The van der Waals surface area contributed by atoms with Crippen LogP contribution in [0.4, 0.5) is 0 Å². The summed E-state index contributed by atoms with van der Waals surface area (Å²) < 4.78 is 0. The molecule has 1 saturated heterocycles. The molecule has 1 aliphatic heterocycles. The van der Waals surface area contributed by atoms with E-state index < -0.39 is 11.5 Å². The van der Waals surface area contributed by atoms with Crippen LogP contribution in [0.5, 0.6) is 0 Å². The lowest BCUT2D eigenvalue weighted by Crippen LogP contribution is -2.56. The second kappa shape index (κ2) is 6.25. The molecule has 2 aliphatic carbocycles. The van der Waals surface area contributed by atoms with Gasteiger partial charge in [0.1, 0.15) is 5.54 Å². The van der Waals surface area contributed by atoms with E-state index in [2.05, 4.69) is 17.1 Å². The van der Waals surface area contributed by atoms with Crippen molar-refractivity contribution in [1.29, 1.82) is 0 Å². The Hall–Kier alpha value is -0.610. The van der Waals surface area contributed by atoms with Crippen LogP contribution >= 0.6 is 0 Å². The molecule has 0 bridgehead atoms. The van der Waals surface area contributed by atoms with Gasteiger partial charge in [0.2, 0.25) is 0 Å². The molecule has 21 heavy (non-hydrogen) atoms. The van der Waals surface area contributed by atoms with Gasteiger partial charge in [0.05, 0.1) is 0 Å². The van der Waals surface area contributed by atoms with Crippen LogP contribution in [0.2, 0.25) is 0 Å². The molecule has 2 N–H and O–H groups in total. The van der Waals surface area contributed by atoms with Gasteiger partial charge < -0.3 is 10.0 Å². The molecule has 3 unspecified atom stereocenters. The molecule has 0 amide bonds. The Bertz CT molecular complexity index is 383. The molecule has 1 heterocycles. The predicted octanol–water partition coefficient (Wildman–Crippen LogP) is 2.48. The minimum Gasteiger partial charge on any atom is -0.480 e. The number of carbonyl (C=O) groups is 1. The summed E-state index contributed by atoms with van der Waals surface area (Å²) in [5, 5.41) is 13.3. The number of hydrogen-bond donors (Lipinski definition) is 2. The highest BCUT2D eigenvalue weighted by atomic mass is 16.4. The van der Waals surface area contributed by atoms with Gasteiger partial charge in [0.25, 0.3) is 0 Å². The van der Waals surface area contributed by atoms with E-state index in [0.29, 0.717) is 12.0 Å². The second-order valence-electron chi connectivity index (χ2n) is 7.44. The van der Waals surface area contributed by atoms with Crippen molar-refractivity contribution in [3.63, 3.8) is 0 Å². The first-order chi connectivity index (χ1) is 10.1. The van der Waals surface area contributed by atoms with Crippen molar-refractivity contribution in [3.8, 4) is 0 Å². The summed E-state index contributed by atoms with van der Waals surface area (Å²) in [4.78, 5) is 14.5. The van der Waals surface area contributed by atoms with Crippen molar-refractivity contribution >= 4 is 5.97 Å². The fraction of sp³-hybridized carbons (Fsp3) is 0.941. The van der Waals surface area contributed by atoms with Crippen molar-refractivity contribution in [2.75, 3.05) is 19.6 Å². The second-order valence-corrected chi connectivity index (χ2v) is 7.44. The molecule has 2 saturated carbocycles. The Labute approximate surface area is 128 Å². The van der Waals surface area contributed by atoms with E-state index in [0.717, 1.165) is 51.0 Å². The highest BCUT2D eigenvalue weighted by molar-refractivity contribution is 5.80. The zero-order valence-corrected chi connectivity index (χ0v) is 13.3. The molecule has 3 atom stereocenters. The highest BCUT2D eigenvalue weighted by Gasteiger charge is 2.51. The van der Waals surface area contributed by atoms with Crippen molar-refractivity contribution in [3.05, 3.63) is 0 Å².